The molecule has 0 bridgehead atoms. The Morgan fingerprint density at radius 1 is 1.24 bits per heavy atom. The van der Waals surface area contributed by atoms with Crippen molar-refractivity contribution in [1.29, 1.82) is 0 Å². The molecule has 0 amide bonds. The maximum Gasteiger partial charge on any atom is 0.334 e. The summed E-state index contributed by atoms with van der Waals surface area (Å²) in [4.78, 5) is 23.9. The molecule has 0 atom stereocenters. The standard InChI is InChI=1S/C16H26O5/c1-15(2,3)21-13(17)12(7-10-20-4)11-16(14(18)19)8-5-6-9-16/h11H,5-10H2,1-4H3,(H,18,19)/b12-11+. The molecule has 1 fully saturated rings. The van der Waals surface area contributed by atoms with Crippen LogP contribution < -0.4 is 0 Å². The zero-order valence-corrected chi connectivity index (χ0v) is 13.4. The van der Waals surface area contributed by atoms with Crippen molar-refractivity contribution in [2.45, 2.75) is 58.5 Å². The molecular weight excluding hydrogens is 272 g/mol. The summed E-state index contributed by atoms with van der Waals surface area (Å²) in [7, 11) is 1.55. The van der Waals surface area contributed by atoms with Crippen molar-refractivity contribution < 1.29 is 24.2 Å². The van der Waals surface area contributed by atoms with E-state index in [2.05, 4.69) is 0 Å². The molecule has 5 nitrogen and oxygen atoms in total. The first kappa shape index (κ1) is 17.7. The Balaban J connectivity index is 3.02. The fourth-order valence-corrected chi connectivity index (χ4v) is 2.55. The van der Waals surface area contributed by atoms with Crippen LogP contribution in [0.1, 0.15) is 52.9 Å². The molecule has 0 radical (unpaired) electrons. The van der Waals surface area contributed by atoms with Crippen molar-refractivity contribution in [3.05, 3.63) is 11.6 Å². The number of hydrogen-bond donors (Lipinski definition) is 1. The van der Waals surface area contributed by atoms with Crippen LogP contribution in [0.3, 0.4) is 0 Å². The van der Waals surface area contributed by atoms with Crippen LogP contribution in [0, 0.1) is 5.41 Å². The zero-order valence-electron chi connectivity index (χ0n) is 13.4. The van der Waals surface area contributed by atoms with Crippen LogP contribution in [0.4, 0.5) is 0 Å². The monoisotopic (exact) mass is 298 g/mol. The van der Waals surface area contributed by atoms with Gasteiger partial charge in [0.05, 0.1) is 12.0 Å². The number of esters is 1. The van der Waals surface area contributed by atoms with E-state index in [4.69, 9.17) is 9.47 Å². The molecule has 0 aromatic rings. The molecular formula is C16H26O5. The number of carboxylic acid groups (broad SMARTS) is 1. The minimum Gasteiger partial charge on any atom is -0.481 e. The molecule has 5 heteroatoms. The van der Waals surface area contributed by atoms with Crippen LogP contribution in [-0.4, -0.2) is 36.4 Å². The molecule has 21 heavy (non-hydrogen) atoms. The van der Waals surface area contributed by atoms with Gasteiger partial charge in [-0.25, -0.2) is 4.79 Å². The summed E-state index contributed by atoms with van der Waals surface area (Å²) in [6, 6.07) is 0. The number of rotatable bonds is 6. The summed E-state index contributed by atoms with van der Waals surface area (Å²) < 4.78 is 10.4. The molecule has 0 aromatic heterocycles. The molecule has 0 spiro atoms. The van der Waals surface area contributed by atoms with E-state index in [9.17, 15) is 14.7 Å². The summed E-state index contributed by atoms with van der Waals surface area (Å²) in [5.74, 6) is -1.31. The first-order chi connectivity index (χ1) is 9.70. The molecule has 1 rings (SSSR count). The van der Waals surface area contributed by atoms with Gasteiger partial charge in [-0.05, 0) is 33.6 Å². The quantitative estimate of drug-likeness (QED) is 0.603. The molecule has 0 saturated heterocycles. The van der Waals surface area contributed by atoms with Gasteiger partial charge in [0, 0.05) is 19.1 Å². The Morgan fingerprint density at radius 3 is 2.24 bits per heavy atom. The molecule has 1 saturated carbocycles. The SMILES string of the molecule is COCC/C(=C\C1(C(=O)O)CCCC1)C(=O)OC(C)(C)C. The summed E-state index contributed by atoms with van der Waals surface area (Å²) in [6.45, 7) is 5.74. The molecule has 120 valence electrons. The first-order valence-corrected chi connectivity index (χ1v) is 7.38. The van der Waals surface area contributed by atoms with Gasteiger partial charge in [0.2, 0.25) is 0 Å². The highest BCUT2D eigenvalue weighted by Crippen LogP contribution is 2.41. The summed E-state index contributed by atoms with van der Waals surface area (Å²) >= 11 is 0. The number of methoxy groups -OCH3 is 1. The lowest BCUT2D eigenvalue weighted by molar-refractivity contribution is -0.150. The van der Waals surface area contributed by atoms with Crippen LogP contribution in [0.15, 0.2) is 11.6 Å². The highest BCUT2D eigenvalue weighted by Gasteiger charge is 2.40. The second-order valence-electron chi connectivity index (χ2n) is 6.58. The van der Waals surface area contributed by atoms with Crippen molar-refractivity contribution in [2.24, 2.45) is 5.41 Å². The predicted molar refractivity (Wildman–Crippen MR) is 79.0 cm³/mol. The van der Waals surface area contributed by atoms with E-state index in [1.54, 1.807) is 34.0 Å². The van der Waals surface area contributed by atoms with E-state index < -0.39 is 23.0 Å². The smallest absolute Gasteiger partial charge is 0.334 e. The van der Waals surface area contributed by atoms with Gasteiger partial charge >= 0.3 is 11.9 Å². The fraction of sp³-hybridized carbons (Fsp3) is 0.750. The number of carbonyl (C=O) groups is 2. The second-order valence-corrected chi connectivity index (χ2v) is 6.58. The van der Waals surface area contributed by atoms with Crippen LogP contribution in [0.5, 0.6) is 0 Å². The Bertz CT molecular complexity index is 411. The topological polar surface area (TPSA) is 72.8 Å². The van der Waals surface area contributed by atoms with Crippen LogP contribution in [0.2, 0.25) is 0 Å². The van der Waals surface area contributed by atoms with E-state index in [0.717, 1.165) is 12.8 Å². The zero-order chi connectivity index (χ0) is 16.1. The van der Waals surface area contributed by atoms with Crippen LogP contribution >= 0.6 is 0 Å². The number of carbonyl (C=O) groups excluding carboxylic acids is 1. The van der Waals surface area contributed by atoms with Gasteiger partial charge in [-0.2, -0.15) is 0 Å². The molecule has 1 aliphatic carbocycles. The van der Waals surface area contributed by atoms with Crippen LogP contribution in [-0.2, 0) is 19.1 Å². The number of hydrogen-bond acceptors (Lipinski definition) is 4. The van der Waals surface area contributed by atoms with Gasteiger partial charge in [0.15, 0.2) is 0 Å². The molecule has 0 unspecified atom stereocenters. The molecule has 0 aliphatic heterocycles. The van der Waals surface area contributed by atoms with Crippen molar-refractivity contribution in [2.75, 3.05) is 13.7 Å². The van der Waals surface area contributed by atoms with Gasteiger partial charge in [-0.3, -0.25) is 4.79 Å². The third kappa shape index (κ3) is 5.16. The molecule has 1 N–H and O–H groups in total. The Kier molecular flexibility index (Phi) is 5.96. The van der Waals surface area contributed by atoms with E-state index in [1.807, 2.05) is 0 Å². The summed E-state index contributed by atoms with van der Waals surface area (Å²) in [6.07, 6.45) is 4.85. The molecule has 0 aromatic carbocycles. The van der Waals surface area contributed by atoms with Gasteiger partial charge in [-0.1, -0.05) is 18.9 Å². The average Bonchev–Trinajstić information content (AvgIpc) is 2.82. The minimum absolute atomic E-state index is 0.362. The van der Waals surface area contributed by atoms with E-state index in [-0.39, 0.29) is 0 Å². The van der Waals surface area contributed by atoms with Crippen LogP contribution in [0.25, 0.3) is 0 Å². The number of carboxylic acids is 1. The first-order valence-electron chi connectivity index (χ1n) is 7.38. The van der Waals surface area contributed by atoms with Crippen molar-refractivity contribution in [1.82, 2.24) is 0 Å². The fourth-order valence-electron chi connectivity index (χ4n) is 2.55. The molecule has 0 heterocycles. The Hall–Kier alpha value is -1.36. The predicted octanol–water partition coefficient (Wildman–Crippen LogP) is 2.94. The van der Waals surface area contributed by atoms with Crippen molar-refractivity contribution in [3.8, 4) is 0 Å². The minimum atomic E-state index is -0.931. The highest BCUT2D eigenvalue weighted by molar-refractivity contribution is 5.90. The van der Waals surface area contributed by atoms with Crippen molar-refractivity contribution >= 4 is 11.9 Å². The van der Waals surface area contributed by atoms with E-state index >= 15 is 0 Å². The van der Waals surface area contributed by atoms with Gasteiger partial charge < -0.3 is 14.6 Å². The number of aliphatic carboxylic acids is 1. The van der Waals surface area contributed by atoms with Gasteiger partial charge in [0.1, 0.15) is 5.60 Å². The average molecular weight is 298 g/mol. The van der Waals surface area contributed by atoms with E-state index in [1.165, 1.54) is 0 Å². The third-order valence-electron chi connectivity index (χ3n) is 3.61. The van der Waals surface area contributed by atoms with Gasteiger partial charge in [0.25, 0.3) is 0 Å². The van der Waals surface area contributed by atoms with Crippen molar-refractivity contribution in [3.63, 3.8) is 0 Å². The van der Waals surface area contributed by atoms with Gasteiger partial charge in [-0.15, -0.1) is 0 Å². The third-order valence-corrected chi connectivity index (χ3v) is 3.61. The normalized spacial score (nSPS) is 18.6. The largest absolute Gasteiger partial charge is 0.481 e. The molecule has 1 aliphatic rings. The summed E-state index contributed by atoms with van der Waals surface area (Å²) in [5, 5.41) is 9.52. The highest BCUT2D eigenvalue weighted by atomic mass is 16.6. The number of ether oxygens (including phenoxy) is 2. The Labute approximate surface area is 126 Å². The summed E-state index contributed by atoms with van der Waals surface area (Å²) in [5.41, 5.74) is -1.13. The Morgan fingerprint density at radius 2 is 1.81 bits per heavy atom. The maximum absolute atomic E-state index is 12.3. The maximum atomic E-state index is 12.3. The second kappa shape index (κ2) is 7.07. The lowest BCUT2D eigenvalue weighted by Gasteiger charge is -2.24. The lowest BCUT2D eigenvalue weighted by atomic mass is 9.83. The van der Waals surface area contributed by atoms with E-state index in [0.29, 0.717) is 31.4 Å². The lowest BCUT2D eigenvalue weighted by Crippen LogP contribution is -2.29.